The number of primary amides is 1. The van der Waals surface area contributed by atoms with Gasteiger partial charge in [0.15, 0.2) is 0 Å². The first-order valence-electron chi connectivity index (χ1n) is 8.12. The molecule has 134 valence electrons. The lowest BCUT2D eigenvalue weighted by Crippen LogP contribution is -2.55. The van der Waals surface area contributed by atoms with E-state index >= 15 is 0 Å². The van der Waals surface area contributed by atoms with Gasteiger partial charge in [0, 0.05) is 13.0 Å². The summed E-state index contributed by atoms with van der Waals surface area (Å²) in [5.74, 6) is -0.601. The third-order valence-electron chi connectivity index (χ3n) is 4.40. The number of thioether (sulfide) groups is 1. The quantitative estimate of drug-likeness (QED) is 0.539. The summed E-state index contributed by atoms with van der Waals surface area (Å²) in [5.41, 5.74) is 5.37. The van der Waals surface area contributed by atoms with Gasteiger partial charge >= 0.3 is 0 Å². The molecule has 24 heavy (non-hydrogen) atoms. The topological polar surface area (TPSA) is 122 Å². The summed E-state index contributed by atoms with van der Waals surface area (Å²) in [4.78, 5) is 49.3. The number of hydrogen-bond donors (Lipinski definition) is 3. The smallest absolute Gasteiger partial charge is 0.245 e. The van der Waals surface area contributed by atoms with Gasteiger partial charge < -0.3 is 21.3 Å². The summed E-state index contributed by atoms with van der Waals surface area (Å²) in [7, 11) is 0. The van der Waals surface area contributed by atoms with Crippen LogP contribution in [0.25, 0.3) is 0 Å². The van der Waals surface area contributed by atoms with Crippen LogP contribution >= 0.6 is 11.8 Å². The van der Waals surface area contributed by atoms with Gasteiger partial charge in [-0.25, -0.2) is 0 Å². The number of rotatable bonds is 7. The van der Waals surface area contributed by atoms with Crippen molar-refractivity contribution in [2.75, 3.05) is 18.6 Å². The van der Waals surface area contributed by atoms with E-state index in [9.17, 15) is 19.2 Å². The number of nitrogens with zero attached hydrogens (tertiary/aromatic N) is 1. The Bertz CT molecular complexity index is 528. The van der Waals surface area contributed by atoms with Crippen LogP contribution in [0.3, 0.4) is 0 Å². The van der Waals surface area contributed by atoms with E-state index in [-0.39, 0.29) is 17.7 Å². The maximum absolute atomic E-state index is 12.8. The van der Waals surface area contributed by atoms with Crippen LogP contribution in [0.1, 0.15) is 32.1 Å². The van der Waals surface area contributed by atoms with Crippen molar-refractivity contribution in [3.05, 3.63) is 0 Å². The fraction of sp³-hybridized carbons (Fsp3) is 0.733. The first-order valence-corrected chi connectivity index (χ1v) is 9.52. The second-order valence-electron chi connectivity index (χ2n) is 6.09. The summed E-state index contributed by atoms with van der Waals surface area (Å²) < 4.78 is 0. The van der Waals surface area contributed by atoms with Gasteiger partial charge in [-0.2, -0.15) is 11.8 Å². The van der Waals surface area contributed by atoms with Crippen LogP contribution in [0.5, 0.6) is 0 Å². The SMILES string of the molecule is CSCC[C@@H](NC(=O)[C@H]1CCC(=O)N1)C(=O)N1CCC[C@@H]1C(N)=O. The predicted octanol–water partition coefficient (Wildman–Crippen LogP) is -1.02. The fourth-order valence-electron chi connectivity index (χ4n) is 3.10. The first-order chi connectivity index (χ1) is 11.4. The summed E-state index contributed by atoms with van der Waals surface area (Å²) in [6.45, 7) is 0.470. The van der Waals surface area contributed by atoms with Crippen molar-refractivity contribution < 1.29 is 19.2 Å². The summed E-state index contributed by atoms with van der Waals surface area (Å²) in [5, 5.41) is 5.34. The Morgan fingerprint density at radius 3 is 2.75 bits per heavy atom. The van der Waals surface area contributed by atoms with Gasteiger partial charge in [0.2, 0.25) is 23.6 Å². The second-order valence-corrected chi connectivity index (χ2v) is 7.08. The van der Waals surface area contributed by atoms with E-state index in [1.54, 1.807) is 11.8 Å². The van der Waals surface area contributed by atoms with Crippen LogP contribution in [-0.4, -0.2) is 65.2 Å². The lowest BCUT2D eigenvalue weighted by atomic mass is 10.1. The van der Waals surface area contributed by atoms with Crippen molar-refractivity contribution in [2.24, 2.45) is 5.73 Å². The molecule has 2 rings (SSSR count). The zero-order valence-electron chi connectivity index (χ0n) is 13.7. The van der Waals surface area contributed by atoms with Crippen molar-refractivity contribution in [3.63, 3.8) is 0 Å². The molecule has 4 amide bonds. The molecule has 0 spiro atoms. The van der Waals surface area contributed by atoms with Crippen LogP contribution in [0.15, 0.2) is 0 Å². The monoisotopic (exact) mass is 356 g/mol. The minimum atomic E-state index is -0.706. The number of nitrogens with two attached hydrogens (primary N) is 1. The standard InChI is InChI=1S/C15H24N4O4S/c1-24-8-6-10(18-14(22)9-4-5-12(20)17-9)15(23)19-7-2-3-11(19)13(16)21/h9-11H,2-8H2,1H3,(H2,16,21)(H,17,20)(H,18,22)/t9-,10-,11-/m1/s1. The van der Waals surface area contributed by atoms with Gasteiger partial charge in [0.25, 0.3) is 0 Å². The largest absolute Gasteiger partial charge is 0.368 e. The van der Waals surface area contributed by atoms with Crippen molar-refractivity contribution in [2.45, 2.75) is 50.2 Å². The number of carbonyl (C=O) groups is 4. The summed E-state index contributed by atoms with van der Waals surface area (Å²) in [6, 6.07) is -1.90. The third kappa shape index (κ3) is 4.40. The zero-order valence-corrected chi connectivity index (χ0v) is 14.6. The molecule has 0 saturated carbocycles. The molecule has 0 aromatic heterocycles. The van der Waals surface area contributed by atoms with E-state index in [0.29, 0.717) is 38.0 Å². The highest BCUT2D eigenvalue weighted by molar-refractivity contribution is 7.98. The van der Waals surface area contributed by atoms with E-state index in [1.165, 1.54) is 4.90 Å². The van der Waals surface area contributed by atoms with Crippen molar-refractivity contribution >= 4 is 35.4 Å². The van der Waals surface area contributed by atoms with Gasteiger partial charge in [-0.15, -0.1) is 0 Å². The average molecular weight is 356 g/mol. The molecule has 0 unspecified atom stereocenters. The lowest BCUT2D eigenvalue weighted by molar-refractivity contribution is -0.140. The van der Waals surface area contributed by atoms with Gasteiger partial charge in [-0.05, 0) is 37.7 Å². The molecule has 2 saturated heterocycles. The lowest BCUT2D eigenvalue weighted by Gasteiger charge is -2.28. The molecule has 2 heterocycles. The molecule has 0 bridgehead atoms. The Morgan fingerprint density at radius 1 is 1.42 bits per heavy atom. The van der Waals surface area contributed by atoms with Crippen LogP contribution in [0.4, 0.5) is 0 Å². The number of likely N-dealkylation sites (tertiary alicyclic amines) is 1. The van der Waals surface area contributed by atoms with E-state index in [4.69, 9.17) is 5.73 Å². The van der Waals surface area contributed by atoms with Crippen LogP contribution in [-0.2, 0) is 19.2 Å². The second kappa shape index (κ2) is 8.36. The highest BCUT2D eigenvalue weighted by Gasteiger charge is 2.37. The first kappa shape index (κ1) is 18.6. The van der Waals surface area contributed by atoms with E-state index < -0.39 is 24.0 Å². The Hall–Kier alpha value is -1.77. The van der Waals surface area contributed by atoms with E-state index in [2.05, 4.69) is 10.6 Å². The summed E-state index contributed by atoms with van der Waals surface area (Å²) >= 11 is 1.57. The molecule has 0 aromatic carbocycles. The normalized spacial score (nSPS) is 24.5. The average Bonchev–Trinajstić information content (AvgIpc) is 3.19. The Labute approximate surface area is 145 Å². The van der Waals surface area contributed by atoms with Gasteiger partial charge in [0.1, 0.15) is 18.1 Å². The number of carbonyl (C=O) groups excluding carboxylic acids is 4. The Balaban J connectivity index is 2.03. The molecule has 8 nitrogen and oxygen atoms in total. The number of hydrogen-bond acceptors (Lipinski definition) is 5. The van der Waals surface area contributed by atoms with Gasteiger partial charge in [-0.3, -0.25) is 19.2 Å². The highest BCUT2D eigenvalue weighted by atomic mass is 32.2. The minimum Gasteiger partial charge on any atom is -0.368 e. The Morgan fingerprint density at radius 2 is 2.17 bits per heavy atom. The molecule has 2 fully saturated rings. The molecule has 0 aromatic rings. The van der Waals surface area contributed by atoms with E-state index in [0.717, 1.165) is 6.42 Å². The molecule has 0 aliphatic carbocycles. The van der Waals surface area contributed by atoms with Crippen LogP contribution in [0.2, 0.25) is 0 Å². The maximum Gasteiger partial charge on any atom is 0.245 e. The highest BCUT2D eigenvalue weighted by Crippen LogP contribution is 2.19. The predicted molar refractivity (Wildman–Crippen MR) is 90.0 cm³/mol. The molecule has 2 aliphatic heterocycles. The van der Waals surface area contributed by atoms with Crippen molar-refractivity contribution in [1.29, 1.82) is 0 Å². The fourth-order valence-corrected chi connectivity index (χ4v) is 3.57. The van der Waals surface area contributed by atoms with Crippen molar-refractivity contribution in [1.82, 2.24) is 15.5 Å². The molecular weight excluding hydrogens is 332 g/mol. The number of amides is 4. The zero-order chi connectivity index (χ0) is 17.7. The van der Waals surface area contributed by atoms with E-state index in [1.807, 2.05) is 6.26 Å². The van der Waals surface area contributed by atoms with Crippen LogP contribution in [0, 0.1) is 0 Å². The molecule has 4 N–H and O–H groups in total. The summed E-state index contributed by atoms with van der Waals surface area (Å²) in [6.07, 6.45) is 4.42. The maximum atomic E-state index is 12.8. The molecule has 0 radical (unpaired) electrons. The molecule has 3 atom stereocenters. The molecular formula is C15H24N4O4S. The van der Waals surface area contributed by atoms with Crippen molar-refractivity contribution in [3.8, 4) is 0 Å². The molecule has 2 aliphatic rings. The minimum absolute atomic E-state index is 0.157. The van der Waals surface area contributed by atoms with Gasteiger partial charge in [0.05, 0.1) is 0 Å². The Kier molecular flexibility index (Phi) is 6.47. The third-order valence-corrected chi connectivity index (χ3v) is 5.05. The number of nitrogens with one attached hydrogen (secondary N) is 2. The molecule has 9 heteroatoms. The van der Waals surface area contributed by atoms with Gasteiger partial charge in [-0.1, -0.05) is 0 Å². The van der Waals surface area contributed by atoms with Crippen LogP contribution < -0.4 is 16.4 Å².